The van der Waals surface area contributed by atoms with Crippen molar-refractivity contribution in [2.75, 3.05) is 0 Å². The molecule has 26 heavy (non-hydrogen) atoms. The van der Waals surface area contributed by atoms with E-state index >= 15 is 0 Å². The van der Waals surface area contributed by atoms with Gasteiger partial charge in [-0.1, -0.05) is 57.9 Å². The Balaban J connectivity index is 2.47. The van der Waals surface area contributed by atoms with Gasteiger partial charge in [0.15, 0.2) is 6.29 Å². The third-order valence-electron chi connectivity index (χ3n) is 5.34. The Bertz CT molecular complexity index is 502. The van der Waals surface area contributed by atoms with Gasteiger partial charge in [0.1, 0.15) is 5.78 Å². The van der Waals surface area contributed by atoms with Crippen LogP contribution < -0.4 is 0 Å². The van der Waals surface area contributed by atoms with E-state index in [-0.39, 0.29) is 18.6 Å². The highest BCUT2D eigenvalue weighted by Gasteiger charge is 2.32. The molecule has 0 aromatic carbocycles. The third-order valence-corrected chi connectivity index (χ3v) is 5.34. The summed E-state index contributed by atoms with van der Waals surface area (Å²) in [4.78, 5) is 22.6. The van der Waals surface area contributed by atoms with E-state index in [1.807, 2.05) is 12.2 Å². The molecule has 148 valence electrons. The lowest BCUT2D eigenvalue weighted by Crippen LogP contribution is -2.29. The fourth-order valence-corrected chi connectivity index (χ4v) is 3.51. The van der Waals surface area contributed by atoms with Crippen LogP contribution in [0.2, 0.25) is 0 Å². The van der Waals surface area contributed by atoms with Crippen LogP contribution in [-0.4, -0.2) is 28.1 Å². The predicted octanol–water partition coefficient (Wildman–Crippen LogP) is 4.35. The van der Waals surface area contributed by atoms with Crippen LogP contribution >= 0.6 is 0 Å². The van der Waals surface area contributed by atoms with Gasteiger partial charge in [0, 0.05) is 18.8 Å². The number of carbonyl (C=O) groups is 2. The first-order valence-electron chi connectivity index (χ1n) is 9.96. The van der Waals surface area contributed by atoms with Crippen molar-refractivity contribution in [3.05, 3.63) is 24.3 Å². The van der Waals surface area contributed by atoms with Crippen LogP contribution in [0.5, 0.6) is 0 Å². The van der Waals surface area contributed by atoms with Crippen LogP contribution in [-0.2, 0) is 9.59 Å². The lowest BCUT2D eigenvalue weighted by molar-refractivity contribution is -0.170. The topological polar surface area (TPSA) is 74.6 Å². The van der Waals surface area contributed by atoms with Crippen molar-refractivity contribution in [3.63, 3.8) is 0 Å². The third kappa shape index (κ3) is 8.41. The SMILES string of the molecule is CCCCC(C)(C)C/C=C/[C@H]1CCC(=O)[C@@H]1C/C=C\CCC(O)(O)C=O. The van der Waals surface area contributed by atoms with E-state index in [4.69, 9.17) is 0 Å². The molecule has 0 spiro atoms. The van der Waals surface area contributed by atoms with Crippen LogP contribution in [0.4, 0.5) is 0 Å². The second-order valence-corrected chi connectivity index (χ2v) is 8.42. The number of hydrogen-bond acceptors (Lipinski definition) is 4. The average Bonchev–Trinajstić information content (AvgIpc) is 2.93. The molecule has 0 aromatic rings. The summed E-state index contributed by atoms with van der Waals surface area (Å²) in [6.45, 7) is 6.82. The van der Waals surface area contributed by atoms with Crippen molar-refractivity contribution in [3.8, 4) is 0 Å². The maximum absolute atomic E-state index is 12.2. The summed E-state index contributed by atoms with van der Waals surface area (Å²) < 4.78 is 0. The molecule has 2 atom stereocenters. The summed E-state index contributed by atoms with van der Waals surface area (Å²) >= 11 is 0. The minimum atomic E-state index is -2.25. The van der Waals surface area contributed by atoms with E-state index in [0.717, 1.165) is 12.8 Å². The lowest BCUT2D eigenvalue weighted by Gasteiger charge is -2.23. The van der Waals surface area contributed by atoms with Crippen molar-refractivity contribution in [1.29, 1.82) is 0 Å². The van der Waals surface area contributed by atoms with Gasteiger partial charge in [0.2, 0.25) is 5.79 Å². The van der Waals surface area contributed by atoms with Crippen LogP contribution in [0.1, 0.15) is 78.6 Å². The number of unbranched alkanes of at least 4 members (excludes halogenated alkanes) is 1. The first-order valence-corrected chi connectivity index (χ1v) is 9.96. The Labute approximate surface area is 158 Å². The average molecular weight is 365 g/mol. The van der Waals surface area contributed by atoms with Crippen molar-refractivity contribution < 1.29 is 19.8 Å². The van der Waals surface area contributed by atoms with E-state index < -0.39 is 5.79 Å². The molecule has 0 unspecified atom stereocenters. The van der Waals surface area contributed by atoms with Crippen LogP contribution in [0.25, 0.3) is 0 Å². The van der Waals surface area contributed by atoms with E-state index in [0.29, 0.717) is 36.4 Å². The Morgan fingerprint density at radius 1 is 1.15 bits per heavy atom. The maximum Gasteiger partial charge on any atom is 0.221 e. The molecule has 0 bridgehead atoms. The molecule has 1 aliphatic rings. The number of allylic oxidation sites excluding steroid dienone is 4. The minimum Gasteiger partial charge on any atom is -0.360 e. The van der Waals surface area contributed by atoms with Crippen LogP contribution in [0, 0.1) is 17.3 Å². The van der Waals surface area contributed by atoms with Crippen molar-refractivity contribution in [1.82, 2.24) is 0 Å². The van der Waals surface area contributed by atoms with Gasteiger partial charge in [-0.15, -0.1) is 0 Å². The molecule has 1 aliphatic carbocycles. The fraction of sp³-hybridized carbons (Fsp3) is 0.727. The minimum absolute atomic E-state index is 0.0260. The van der Waals surface area contributed by atoms with E-state index in [1.165, 1.54) is 19.3 Å². The summed E-state index contributed by atoms with van der Waals surface area (Å²) in [5.74, 6) is -1.59. The molecule has 0 saturated heterocycles. The Morgan fingerprint density at radius 3 is 2.54 bits per heavy atom. The zero-order valence-electron chi connectivity index (χ0n) is 16.6. The maximum atomic E-state index is 12.2. The molecule has 4 heteroatoms. The summed E-state index contributed by atoms with van der Waals surface area (Å²) in [7, 11) is 0. The largest absolute Gasteiger partial charge is 0.360 e. The highest BCUT2D eigenvalue weighted by Crippen LogP contribution is 2.34. The molecule has 1 fully saturated rings. The first kappa shape index (κ1) is 22.8. The number of aldehydes is 1. The van der Waals surface area contributed by atoms with Crippen molar-refractivity contribution >= 4 is 12.1 Å². The number of Topliss-reactive ketones (excluding diaryl/α,β-unsaturated/α-hetero) is 1. The Morgan fingerprint density at radius 2 is 1.88 bits per heavy atom. The molecular formula is C22H36O4. The summed E-state index contributed by atoms with van der Waals surface area (Å²) in [6.07, 6.45) is 15.8. The second-order valence-electron chi connectivity index (χ2n) is 8.42. The molecule has 2 N–H and O–H groups in total. The van der Waals surface area contributed by atoms with Gasteiger partial charge in [0.05, 0.1) is 0 Å². The van der Waals surface area contributed by atoms with Gasteiger partial charge >= 0.3 is 0 Å². The number of aliphatic hydroxyl groups is 2. The smallest absolute Gasteiger partial charge is 0.221 e. The van der Waals surface area contributed by atoms with Gasteiger partial charge in [-0.3, -0.25) is 9.59 Å². The number of hydrogen-bond donors (Lipinski definition) is 2. The van der Waals surface area contributed by atoms with Gasteiger partial charge in [-0.05, 0) is 43.4 Å². The quantitative estimate of drug-likeness (QED) is 0.307. The normalized spacial score (nSPS) is 22.0. The summed E-state index contributed by atoms with van der Waals surface area (Å²) in [5.41, 5.74) is 0.310. The van der Waals surface area contributed by atoms with E-state index in [1.54, 1.807) is 0 Å². The molecule has 0 aliphatic heterocycles. The molecule has 1 rings (SSSR count). The van der Waals surface area contributed by atoms with Crippen molar-refractivity contribution in [2.24, 2.45) is 17.3 Å². The molecule has 0 heterocycles. The highest BCUT2D eigenvalue weighted by molar-refractivity contribution is 5.83. The highest BCUT2D eigenvalue weighted by atomic mass is 16.5. The Hall–Kier alpha value is -1.26. The standard InChI is InChI=1S/C22H36O4/c1-4-5-14-21(2,3)15-9-10-18-12-13-20(24)19(18)11-7-6-8-16-22(25,26)17-23/h6-7,9-10,17-19,25-26H,4-5,8,11-16H2,1-3H3/b7-6-,10-9+/t18-,19+/m0/s1. The number of carbonyl (C=O) groups excluding carboxylic acids is 2. The zero-order chi connectivity index (χ0) is 19.6. The fourth-order valence-electron chi connectivity index (χ4n) is 3.51. The van der Waals surface area contributed by atoms with E-state index in [9.17, 15) is 19.8 Å². The number of rotatable bonds is 12. The molecule has 4 nitrogen and oxygen atoms in total. The van der Waals surface area contributed by atoms with Gasteiger partial charge in [-0.25, -0.2) is 0 Å². The second kappa shape index (κ2) is 10.8. The molecule has 0 amide bonds. The molecule has 0 aromatic heterocycles. The number of ketones is 1. The summed E-state index contributed by atoms with van der Waals surface area (Å²) in [6, 6.07) is 0. The van der Waals surface area contributed by atoms with Crippen molar-refractivity contribution in [2.45, 2.75) is 84.3 Å². The molecule has 0 radical (unpaired) electrons. The van der Waals surface area contributed by atoms with Gasteiger partial charge in [-0.2, -0.15) is 0 Å². The molecular weight excluding hydrogens is 328 g/mol. The van der Waals surface area contributed by atoms with Crippen LogP contribution in [0.3, 0.4) is 0 Å². The summed E-state index contributed by atoms with van der Waals surface area (Å²) in [5, 5.41) is 18.5. The van der Waals surface area contributed by atoms with Gasteiger partial charge in [0.25, 0.3) is 0 Å². The first-order chi connectivity index (χ1) is 12.2. The van der Waals surface area contributed by atoms with E-state index in [2.05, 4.69) is 32.9 Å². The predicted molar refractivity (Wildman–Crippen MR) is 105 cm³/mol. The zero-order valence-corrected chi connectivity index (χ0v) is 16.6. The Kier molecular flexibility index (Phi) is 9.45. The van der Waals surface area contributed by atoms with Gasteiger partial charge < -0.3 is 10.2 Å². The van der Waals surface area contributed by atoms with Crippen LogP contribution in [0.15, 0.2) is 24.3 Å². The monoisotopic (exact) mass is 364 g/mol. The lowest BCUT2D eigenvalue weighted by atomic mass is 9.83. The molecule has 1 saturated carbocycles.